The average molecular weight is 353 g/mol. The molecule has 1 aliphatic heterocycles. The number of amides is 2. The van der Waals surface area contributed by atoms with Crippen LogP contribution in [0.3, 0.4) is 0 Å². The molecule has 136 valence electrons. The summed E-state index contributed by atoms with van der Waals surface area (Å²) in [5, 5.41) is 11.4. The lowest BCUT2D eigenvalue weighted by molar-refractivity contribution is -0.136. The molecule has 0 atom stereocenters. The molecule has 1 aromatic carbocycles. The maximum Gasteiger partial charge on any atom is 0.226 e. The average Bonchev–Trinajstić information content (AvgIpc) is 3.31. The van der Waals surface area contributed by atoms with Crippen molar-refractivity contribution in [1.82, 2.24) is 19.7 Å². The van der Waals surface area contributed by atoms with E-state index in [1.165, 1.54) is 19.8 Å². The fourth-order valence-corrected chi connectivity index (χ4v) is 3.90. The van der Waals surface area contributed by atoms with E-state index >= 15 is 0 Å². The molecule has 7 heteroatoms. The Kier molecular flexibility index (Phi) is 4.44. The van der Waals surface area contributed by atoms with Gasteiger partial charge in [0.2, 0.25) is 11.8 Å². The van der Waals surface area contributed by atoms with Gasteiger partial charge < -0.3 is 14.8 Å². The van der Waals surface area contributed by atoms with Crippen molar-refractivity contribution >= 4 is 17.5 Å². The Balaban J connectivity index is 1.50. The number of aromatic nitrogens is 3. The third kappa shape index (κ3) is 3.21. The zero-order chi connectivity index (χ0) is 18.1. The molecule has 2 heterocycles. The van der Waals surface area contributed by atoms with E-state index in [-0.39, 0.29) is 17.7 Å². The number of nitrogens with zero attached hydrogens (tertiary/aromatic N) is 4. The Morgan fingerprint density at radius 2 is 1.81 bits per heavy atom. The van der Waals surface area contributed by atoms with E-state index in [9.17, 15) is 9.59 Å². The van der Waals surface area contributed by atoms with Gasteiger partial charge in [0.25, 0.3) is 0 Å². The van der Waals surface area contributed by atoms with Gasteiger partial charge in [0.15, 0.2) is 11.6 Å². The molecule has 0 spiro atoms. The maximum absolute atomic E-state index is 12.6. The molecular formula is C19H23N5O2. The van der Waals surface area contributed by atoms with Gasteiger partial charge in [0.05, 0.1) is 6.54 Å². The van der Waals surface area contributed by atoms with Crippen molar-refractivity contribution in [3.8, 4) is 11.4 Å². The van der Waals surface area contributed by atoms with Crippen molar-refractivity contribution in [2.75, 3.05) is 11.9 Å². The number of fused-ring (bicyclic) bond motifs is 1. The van der Waals surface area contributed by atoms with Crippen LogP contribution in [-0.2, 0) is 22.7 Å². The standard InChI is InChI=1S/C19H23N5O2/c1-13(25)20-16-8-6-14(7-9-16)18-22-21-17-12-23(10-11-24(17)18)19(26)15-4-2-3-5-15/h6-9,15H,2-5,10-12H2,1H3,(H,20,25). The van der Waals surface area contributed by atoms with E-state index < -0.39 is 0 Å². The first-order valence-electron chi connectivity index (χ1n) is 9.21. The van der Waals surface area contributed by atoms with E-state index in [1.54, 1.807) is 0 Å². The Morgan fingerprint density at radius 3 is 2.50 bits per heavy atom. The molecule has 1 fully saturated rings. The van der Waals surface area contributed by atoms with E-state index in [4.69, 9.17) is 0 Å². The van der Waals surface area contributed by atoms with Crippen LogP contribution in [0.2, 0.25) is 0 Å². The van der Waals surface area contributed by atoms with Gasteiger partial charge in [-0.25, -0.2) is 0 Å². The van der Waals surface area contributed by atoms with Crippen molar-refractivity contribution in [2.24, 2.45) is 5.92 Å². The van der Waals surface area contributed by atoms with Gasteiger partial charge in [-0.15, -0.1) is 10.2 Å². The summed E-state index contributed by atoms with van der Waals surface area (Å²) in [4.78, 5) is 25.7. The molecule has 26 heavy (non-hydrogen) atoms. The Bertz CT molecular complexity index is 821. The lowest BCUT2D eigenvalue weighted by Crippen LogP contribution is -2.41. The fraction of sp³-hybridized carbons (Fsp3) is 0.474. The lowest BCUT2D eigenvalue weighted by Gasteiger charge is -2.30. The second-order valence-electron chi connectivity index (χ2n) is 7.09. The zero-order valence-electron chi connectivity index (χ0n) is 14.9. The molecule has 1 N–H and O–H groups in total. The molecule has 0 unspecified atom stereocenters. The molecule has 7 nitrogen and oxygen atoms in total. The van der Waals surface area contributed by atoms with Crippen LogP contribution in [-0.4, -0.2) is 38.0 Å². The summed E-state index contributed by atoms with van der Waals surface area (Å²) in [6.07, 6.45) is 4.37. The highest BCUT2D eigenvalue weighted by molar-refractivity contribution is 5.88. The predicted molar refractivity (Wildman–Crippen MR) is 97.1 cm³/mol. The smallest absolute Gasteiger partial charge is 0.226 e. The third-order valence-electron chi connectivity index (χ3n) is 5.23. The number of benzene rings is 1. The molecule has 0 saturated heterocycles. The summed E-state index contributed by atoms with van der Waals surface area (Å²) in [6.45, 7) is 3.44. The number of carbonyl (C=O) groups excluding carboxylic acids is 2. The first-order valence-corrected chi connectivity index (χ1v) is 9.21. The summed E-state index contributed by atoms with van der Waals surface area (Å²) in [6, 6.07) is 7.57. The largest absolute Gasteiger partial charge is 0.333 e. The van der Waals surface area contributed by atoms with E-state index in [1.807, 2.05) is 29.2 Å². The van der Waals surface area contributed by atoms with Gasteiger partial charge in [-0.1, -0.05) is 12.8 Å². The Labute approximate surface area is 152 Å². The predicted octanol–water partition coefficient (Wildman–Crippen LogP) is 2.44. The second kappa shape index (κ2) is 6.90. The van der Waals surface area contributed by atoms with Crippen LogP contribution in [0.1, 0.15) is 38.4 Å². The van der Waals surface area contributed by atoms with Crippen molar-refractivity contribution in [2.45, 2.75) is 45.7 Å². The second-order valence-corrected chi connectivity index (χ2v) is 7.09. The minimum absolute atomic E-state index is 0.0929. The van der Waals surface area contributed by atoms with Crippen LogP contribution >= 0.6 is 0 Å². The highest BCUT2D eigenvalue weighted by atomic mass is 16.2. The Hall–Kier alpha value is -2.70. The molecule has 4 rings (SSSR count). The van der Waals surface area contributed by atoms with Crippen LogP contribution in [0.25, 0.3) is 11.4 Å². The quantitative estimate of drug-likeness (QED) is 0.919. The van der Waals surface area contributed by atoms with Crippen LogP contribution < -0.4 is 5.32 Å². The van der Waals surface area contributed by atoms with Crippen molar-refractivity contribution in [1.29, 1.82) is 0 Å². The molecule has 0 bridgehead atoms. The van der Waals surface area contributed by atoms with Gasteiger partial charge in [0, 0.05) is 37.2 Å². The van der Waals surface area contributed by atoms with Gasteiger partial charge >= 0.3 is 0 Å². The summed E-state index contributed by atoms with van der Waals surface area (Å²) in [5.41, 5.74) is 1.71. The number of nitrogens with one attached hydrogen (secondary N) is 1. The van der Waals surface area contributed by atoms with Crippen LogP contribution in [0.4, 0.5) is 5.69 Å². The molecule has 0 radical (unpaired) electrons. The number of rotatable bonds is 3. The molecule has 2 aliphatic rings. The molecule has 2 aromatic rings. The molecule has 1 aromatic heterocycles. The Morgan fingerprint density at radius 1 is 1.08 bits per heavy atom. The van der Waals surface area contributed by atoms with Crippen LogP contribution in [0, 0.1) is 5.92 Å². The monoisotopic (exact) mass is 353 g/mol. The first-order chi connectivity index (χ1) is 12.6. The van der Waals surface area contributed by atoms with Gasteiger partial charge in [0.1, 0.15) is 0 Å². The normalized spacial score (nSPS) is 17.2. The minimum Gasteiger partial charge on any atom is -0.333 e. The number of hydrogen-bond donors (Lipinski definition) is 1. The highest BCUT2D eigenvalue weighted by Crippen LogP contribution is 2.29. The van der Waals surface area contributed by atoms with Crippen LogP contribution in [0.5, 0.6) is 0 Å². The summed E-state index contributed by atoms with van der Waals surface area (Å²) >= 11 is 0. The topological polar surface area (TPSA) is 80.1 Å². The summed E-state index contributed by atoms with van der Waals surface area (Å²) in [5.74, 6) is 2.03. The number of carbonyl (C=O) groups is 2. The van der Waals surface area contributed by atoms with Gasteiger partial charge in [-0.2, -0.15) is 0 Å². The molecule has 1 aliphatic carbocycles. The fourth-order valence-electron chi connectivity index (χ4n) is 3.90. The number of hydrogen-bond acceptors (Lipinski definition) is 4. The zero-order valence-corrected chi connectivity index (χ0v) is 14.9. The van der Waals surface area contributed by atoms with Crippen LogP contribution in [0.15, 0.2) is 24.3 Å². The minimum atomic E-state index is -0.0929. The van der Waals surface area contributed by atoms with Gasteiger partial charge in [-0.05, 0) is 37.1 Å². The molecule has 2 amide bonds. The van der Waals surface area contributed by atoms with E-state index in [0.717, 1.165) is 35.7 Å². The molecular weight excluding hydrogens is 330 g/mol. The van der Waals surface area contributed by atoms with Crippen molar-refractivity contribution in [3.63, 3.8) is 0 Å². The van der Waals surface area contributed by atoms with Crippen molar-refractivity contribution in [3.05, 3.63) is 30.1 Å². The number of anilines is 1. The third-order valence-corrected chi connectivity index (χ3v) is 5.23. The lowest BCUT2D eigenvalue weighted by atomic mass is 10.1. The molecule has 1 saturated carbocycles. The van der Waals surface area contributed by atoms with E-state index in [2.05, 4.69) is 20.1 Å². The van der Waals surface area contributed by atoms with Crippen molar-refractivity contribution < 1.29 is 9.59 Å². The SMILES string of the molecule is CC(=O)Nc1ccc(-c2nnc3n2CCN(C(=O)C2CCCC2)C3)cc1. The summed E-state index contributed by atoms with van der Waals surface area (Å²) < 4.78 is 2.09. The van der Waals surface area contributed by atoms with E-state index in [0.29, 0.717) is 19.6 Å². The first kappa shape index (κ1) is 16.8. The summed E-state index contributed by atoms with van der Waals surface area (Å²) in [7, 11) is 0. The highest BCUT2D eigenvalue weighted by Gasteiger charge is 2.31. The maximum atomic E-state index is 12.6. The van der Waals surface area contributed by atoms with Gasteiger partial charge in [-0.3, -0.25) is 9.59 Å².